The number of piperazine rings is 1. The molecule has 4 rings (SSSR count). The molecular weight excluding hydrogens is 340 g/mol. The molecule has 1 aromatic carbocycles. The lowest BCUT2D eigenvalue weighted by Gasteiger charge is -2.34. The van der Waals surface area contributed by atoms with Crippen molar-refractivity contribution < 1.29 is 4.79 Å². The second-order valence-electron chi connectivity index (χ2n) is 6.77. The maximum Gasteiger partial charge on any atom is 0.276 e. The minimum Gasteiger partial charge on any atom is -0.335 e. The summed E-state index contributed by atoms with van der Waals surface area (Å²) >= 11 is 0. The number of benzene rings is 1. The molecule has 3 aromatic rings. The molecule has 27 heavy (non-hydrogen) atoms. The van der Waals surface area contributed by atoms with Gasteiger partial charge in [0.25, 0.3) is 5.91 Å². The van der Waals surface area contributed by atoms with Gasteiger partial charge in [0.2, 0.25) is 0 Å². The average molecular weight is 362 g/mol. The van der Waals surface area contributed by atoms with E-state index in [4.69, 9.17) is 0 Å². The molecular formula is C20H22N6O. The molecule has 1 aliphatic heterocycles. The van der Waals surface area contributed by atoms with E-state index < -0.39 is 0 Å². The molecule has 0 unspecified atom stereocenters. The van der Waals surface area contributed by atoms with E-state index in [0.717, 1.165) is 31.0 Å². The van der Waals surface area contributed by atoms with Gasteiger partial charge in [-0.2, -0.15) is 0 Å². The van der Waals surface area contributed by atoms with Crippen LogP contribution in [0.2, 0.25) is 0 Å². The van der Waals surface area contributed by atoms with Crippen molar-refractivity contribution in [2.24, 2.45) is 0 Å². The summed E-state index contributed by atoms with van der Waals surface area (Å²) in [5.41, 5.74) is 3.51. The van der Waals surface area contributed by atoms with E-state index >= 15 is 0 Å². The predicted octanol–water partition coefficient (Wildman–Crippen LogP) is 1.93. The van der Waals surface area contributed by atoms with Crippen molar-refractivity contribution in [3.05, 3.63) is 71.8 Å². The standard InChI is InChI=1S/C20H22N6O/c1-16-5-7-18(8-6-16)26-15-19(22-23-26)20(27)25-12-10-24(11-13-25)14-17-4-2-3-9-21-17/h2-9,15H,10-14H2,1H3. The molecule has 0 radical (unpaired) electrons. The summed E-state index contributed by atoms with van der Waals surface area (Å²) < 4.78 is 1.64. The van der Waals surface area contributed by atoms with Crippen molar-refractivity contribution in [3.63, 3.8) is 0 Å². The van der Waals surface area contributed by atoms with Gasteiger partial charge < -0.3 is 4.90 Å². The highest BCUT2D eigenvalue weighted by atomic mass is 16.2. The Balaban J connectivity index is 1.36. The molecule has 7 heteroatoms. The number of carbonyl (C=O) groups excluding carboxylic acids is 1. The zero-order valence-electron chi connectivity index (χ0n) is 15.3. The van der Waals surface area contributed by atoms with Gasteiger partial charge in [0.05, 0.1) is 17.6 Å². The molecule has 0 bridgehead atoms. The number of carbonyl (C=O) groups is 1. The molecule has 3 heterocycles. The highest BCUT2D eigenvalue weighted by Gasteiger charge is 2.24. The molecule has 0 atom stereocenters. The quantitative estimate of drug-likeness (QED) is 0.709. The molecule has 1 amide bonds. The summed E-state index contributed by atoms with van der Waals surface area (Å²) in [6, 6.07) is 13.9. The van der Waals surface area contributed by atoms with E-state index in [1.165, 1.54) is 5.56 Å². The normalized spacial score (nSPS) is 15.1. The molecule has 0 N–H and O–H groups in total. The lowest BCUT2D eigenvalue weighted by Crippen LogP contribution is -2.48. The van der Waals surface area contributed by atoms with E-state index in [1.54, 1.807) is 10.9 Å². The maximum absolute atomic E-state index is 12.7. The summed E-state index contributed by atoms with van der Waals surface area (Å²) in [4.78, 5) is 21.3. The van der Waals surface area contributed by atoms with Crippen molar-refractivity contribution in [3.8, 4) is 5.69 Å². The highest BCUT2D eigenvalue weighted by Crippen LogP contribution is 2.12. The van der Waals surface area contributed by atoms with Crippen LogP contribution >= 0.6 is 0 Å². The maximum atomic E-state index is 12.7. The molecule has 0 spiro atoms. The third-order valence-electron chi connectivity index (χ3n) is 4.78. The van der Waals surface area contributed by atoms with Gasteiger partial charge in [0, 0.05) is 38.9 Å². The number of amides is 1. The van der Waals surface area contributed by atoms with Gasteiger partial charge in [-0.25, -0.2) is 4.68 Å². The Bertz CT molecular complexity index is 898. The van der Waals surface area contributed by atoms with Crippen LogP contribution in [0.25, 0.3) is 5.69 Å². The Hall–Kier alpha value is -3.06. The van der Waals surface area contributed by atoms with Crippen molar-refractivity contribution >= 4 is 5.91 Å². The zero-order chi connectivity index (χ0) is 18.6. The zero-order valence-corrected chi connectivity index (χ0v) is 15.3. The van der Waals surface area contributed by atoms with Crippen LogP contribution in [0.5, 0.6) is 0 Å². The number of hydrogen-bond acceptors (Lipinski definition) is 5. The van der Waals surface area contributed by atoms with E-state index in [2.05, 4.69) is 20.2 Å². The monoisotopic (exact) mass is 362 g/mol. The summed E-state index contributed by atoms with van der Waals surface area (Å²) in [5, 5.41) is 8.18. The SMILES string of the molecule is Cc1ccc(-n2cc(C(=O)N3CCN(Cc4ccccn4)CC3)nn2)cc1. The van der Waals surface area contributed by atoms with Crippen LogP contribution in [-0.4, -0.2) is 61.9 Å². The first-order valence-electron chi connectivity index (χ1n) is 9.10. The summed E-state index contributed by atoms with van der Waals surface area (Å²) in [6.45, 7) is 5.87. The molecule has 138 valence electrons. The minimum atomic E-state index is -0.0640. The summed E-state index contributed by atoms with van der Waals surface area (Å²) in [5.74, 6) is -0.0640. The molecule has 7 nitrogen and oxygen atoms in total. The molecule has 2 aromatic heterocycles. The van der Waals surface area contributed by atoms with Crippen LogP contribution < -0.4 is 0 Å². The van der Waals surface area contributed by atoms with Gasteiger partial charge in [-0.05, 0) is 31.2 Å². The van der Waals surface area contributed by atoms with E-state index in [1.807, 2.05) is 60.5 Å². The first-order valence-corrected chi connectivity index (χ1v) is 9.10. The van der Waals surface area contributed by atoms with Crippen LogP contribution in [0.15, 0.2) is 54.9 Å². The fourth-order valence-corrected chi connectivity index (χ4v) is 3.18. The minimum absolute atomic E-state index is 0.0640. The van der Waals surface area contributed by atoms with Crippen LogP contribution in [-0.2, 0) is 6.54 Å². The second-order valence-corrected chi connectivity index (χ2v) is 6.77. The fourth-order valence-electron chi connectivity index (χ4n) is 3.18. The number of aromatic nitrogens is 4. The lowest BCUT2D eigenvalue weighted by atomic mass is 10.2. The van der Waals surface area contributed by atoms with Crippen LogP contribution in [0, 0.1) is 6.92 Å². The molecule has 0 saturated carbocycles. The number of hydrogen-bond donors (Lipinski definition) is 0. The Kier molecular flexibility index (Phi) is 4.93. The average Bonchev–Trinajstić information content (AvgIpc) is 3.20. The van der Waals surface area contributed by atoms with Gasteiger partial charge in [0.15, 0.2) is 5.69 Å². The topological polar surface area (TPSA) is 67.2 Å². The van der Waals surface area contributed by atoms with Gasteiger partial charge in [-0.3, -0.25) is 14.7 Å². The number of aryl methyl sites for hydroxylation is 1. The predicted molar refractivity (Wildman–Crippen MR) is 102 cm³/mol. The summed E-state index contributed by atoms with van der Waals surface area (Å²) in [7, 11) is 0. The molecule has 0 aliphatic carbocycles. The van der Waals surface area contributed by atoms with Gasteiger partial charge in [-0.15, -0.1) is 5.10 Å². The fraction of sp³-hybridized carbons (Fsp3) is 0.300. The third-order valence-corrected chi connectivity index (χ3v) is 4.78. The number of rotatable bonds is 4. The van der Waals surface area contributed by atoms with Gasteiger partial charge in [0.1, 0.15) is 0 Å². The first-order chi connectivity index (χ1) is 13.2. The van der Waals surface area contributed by atoms with E-state index in [-0.39, 0.29) is 5.91 Å². The number of pyridine rings is 1. The van der Waals surface area contributed by atoms with Crippen LogP contribution in [0.3, 0.4) is 0 Å². The first kappa shape index (κ1) is 17.4. The van der Waals surface area contributed by atoms with Gasteiger partial charge in [-0.1, -0.05) is 29.0 Å². The molecule has 1 fully saturated rings. The highest BCUT2D eigenvalue weighted by molar-refractivity contribution is 5.92. The third kappa shape index (κ3) is 4.03. The largest absolute Gasteiger partial charge is 0.335 e. The molecule has 1 aliphatic rings. The van der Waals surface area contributed by atoms with Crippen LogP contribution in [0.4, 0.5) is 0 Å². The Morgan fingerprint density at radius 3 is 2.52 bits per heavy atom. The van der Waals surface area contributed by atoms with E-state index in [9.17, 15) is 4.79 Å². The molecule has 1 saturated heterocycles. The lowest BCUT2D eigenvalue weighted by molar-refractivity contribution is 0.0621. The van der Waals surface area contributed by atoms with Crippen LogP contribution in [0.1, 0.15) is 21.7 Å². The Morgan fingerprint density at radius 1 is 1.04 bits per heavy atom. The van der Waals surface area contributed by atoms with Crippen molar-refractivity contribution in [2.45, 2.75) is 13.5 Å². The summed E-state index contributed by atoms with van der Waals surface area (Å²) in [6.07, 6.45) is 3.51. The Morgan fingerprint density at radius 2 is 1.81 bits per heavy atom. The smallest absolute Gasteiger partial charge is 0.276 e. The Labute approximate surface area is 158 Å². The van der Waals surface area contributed by atoms with Gasteiger partial charge >= 0.3 is 0 Å². The van der Waals surface area contributed by atoms with Crippen molar-refractivity contribution in [2.75, 3.05) is 26.2 Å². The second kappa shape index (κ2) is 7.67. The van der Waals surface area contributed by atoms with E-state index in [0.29, 0.717) is 18.8 Å². The van der Waals surface area contributed by atoms with Crippen molar-refractivity contribution in [1.29, 1.82) is 0 Å². The van der Waals surface area contributed by atoms with Crippen molar-refractivity contribution in [1.82, 2.24) is 29.8 Å². The number of nitrogens with zero attached hydrogens (tertiary/aromatic N) is 6.